The van der Waals surface area contributed by atoms with Crippen LogP contribution < -0.4 is 15.0 Å². The minimum Gasteiger partial charge on any atom is -0.497 e. The van der Waals surface area contributed by atoms with Crippen LogP contribution >= 0.6 is 0 Å². The molecule has 0 radical (unpaired) electrons. The largest absolute Gasteiger partial charge is 0.497 e. The van der Waals surface area contributed by atoms with E-state index in [9.17, 15) is 14.0 Å². The van der Waals surface area contributed by atoms with E-state index in [1.54, 1.807) is 18.1 Å². The number of ether oxygens (including phenoxy) is 1. The summed E-state index contributed by atoms with van der Waals surface area (Å²) in [6.45, 7) is 0.427. The zero-order valence-corrected chi connectivity index (χ0v) is 18.6. The second-order valence-corrected chi connectivity index (χ2v) is 8.14. The first-order valence-electron chi connectivity index (χ1n) is 11.0. The molecule has 5 rings (SSSR count). The van der Waals surface area contributed by atoms with E-state index < -0.39 is 11.9 Å². The Morgan fingerprint density at radius 3 is 2.65 bits per heavy atom. The number of nitrogens with one attached hydrogen (secondary N) is 1. The molecule has 7 nitrogen and oxygen atoms in total. The zero-order valence-electron chi connectivity index (χ0n) is 18.6. The highest BCUT2D eigenvalue weighted by atomic mass is 19.1. The predicted molar refractivity (Wildman–Crippen MR) is 127 cm³/mol. The van der Waals surface area contributed by atoms with Crippen LogP contribution in [0.15, 0.2) is 72.8 Å². The topological polar surface area (TPSA) is 76.5 Å². The van der Waals surface area contributed by atoms with Crippen molar-refractivity contribution in [1.82, 2.24) is 9.55 Å². The predicted octanol–water partition coefficient (Wildman–Crippen LogP) is 4.34. The average molecular weight is 458 g/mol. The van der Waals surface area contributed by atoms with Crippen LogP contribution in [0.3, 0.4) is 0 Å². The molecule has 2 heterocycles. The van der Waals surface area contributed by atoms with Crippen molar-refractivity contribution in [2.75, 3.05) is 23.9 Å². The lowest BCUT2D eigenvalue weighted by Gasteiger charge is -2.16. The van der Waals surface area contributed by atoms with Gasteiger partial charge in [0.25, 0.3) is 5.91 Å². The number of nitrogens with zero attached hydrogens (tertiary/aromatic N) is 3. The number of halogens is 1. The van der Waals surface area contributed by atoms with Crippen molar-refractivity contribution in [3.8, 4) is 5.75 Å². The smallest absolute Gasteiger partial charge is 0.253 e. The molecular formula is C26H23FN4O3. The molecule has 0 saturated heterocycles. The Hall–Kier alpha value is -4.20. The van der Waals surface area contributed by atoms with Gasteiger partial charge in [-0.05, 0) is 54.4 Å². The molecule has 0 saturated carbocycles. The quantitative estimate of drug-likeness (QED) is 0.447. The molecule has 4 aromatic rings. The van der Waals surface area contributed by atoms with E-state index in [0.717, 1.165) is 22.3 Å². The number of hydrogen-bond donors (Lipinski definition) is 1. The van der Waals surface area contributed by atoms with Crippen molar-refractivity contribution in [3.63, 3.8) is 0 Å². The molecule has 0 spiro atoms. The molecule has 1 N–H and O–H groups in total. The molecule has 1 aliphatic rings. The Morgan fingerprint density at radius 1 is 1.09 bits per heavy atom. The maximum atomic E-state index is 13.5. The molecule has 0 bridgehead atoms. The number of methoxy groups -OCH3 is 1. The molecule has 172 valence electrons. The number of amides is 2. The van der Waals surface area contributed by atoms with Gasteiger partial charge in [-0.2, -0.15) is 0 Å². The third-order valence-corrected chi connectivity index (χ3v) is 5.95. The summed E-state index contributed by atoms with van der Waals surface area (Å²) in [4.78, 5) is 32.6. The first-order chi connectivity index (χ1) is 16.5. The molecular weight excluding hydrogens is 435 g/mol. The number of imidazole rings is 1. The SMILES string of the molecule is COc1ccc(CCN2C(=O)[C@H](CC(=O)Nc3cccc(F)c3)n3c2nc2ccccc23)cc1. The van der Waals surface area contributed by atoms with E-state index in [1.807, 2.05) is 53.1 Å². The van der Waals surface area contributed by atoms with E-state index in [4.69, 9.17) is 4.74 Å². The number of fused-ring (bicyclic) bond motifs is 3. The van der Waals surface area contributed by atoms with Crippen molar-refractivity contribution < 1.29 is 18.7 Å². The second-order valence-electron chi connectivity index (χ2n) is 8.14. The highest BCUT2D eigenvalue weighted by Gasteiger charge is 2.40. The number of rotatable bonds is 7. The molecule has 1 aromatic heterocycles. The van der Waals surface area contributed by atoms with Gasteiger partial charge in [-0.15, -0.1) is 0 Å². The monoisotopic (exact) mass is 458 g/mol. The van der Waals surface area contributed by atoms with Gasteiger partial charge in [0, 0.05) is 12.2 Å². The molecule has 34 heavy (non-hydrogen) atoms. The van der Waals surface area contributed by atoms with Crippen molar-refractivity contribution in [1.29, 1.82) is 0 Å². The Labute approximate surface area is 195 Å². The Balaban J connectivity index is 1.40. The minimum absolute atomic E-state index is 0.0816. The first-order valence-corrected chi connectivity index (χ1v) is 11.0. The van der Waals surface area contributed by atoms with Gasteiger partial charge in [0.05, 0.1) is 24.6 Å². The Kier molecular flexibility index (Phi) is 5.71. The number of aromatic nitrogens is 2. The van der Waals surface area contributed by atoms with Crippen LogP contribution in [0, 0.1) is 5.82 Å². The molecule has 3 aromatic carbocycles. The van der Waals surface area contributed by atoms with Crippen molar-refractivity contribution in [2.45, 2.75) is 18.9 Å². The van der Waals surface area contributed by atoms with Gasteiger partial charge in [0.1, 0.15) is 17.6 Å². The highest BCUT2D eigenvalue weighted by molar-refractivity contribution is 6.05. The molecule has 2 amide bonds. The van der Waals surface area contributed by atoms with Crippen LogP contribution in [0.2, 0.25) is 0 Å². The Morgan fingerprint density at radius 2 is 1.88 bits per heavy atom. The van der Waals surface area contributed by atoms with E-state index in [-0.39, 0.29) is 18.2 Å². The normalized spacial score (nSPS) is 14.9. The van der Waals surface area contributed by atoms with Crippen LogP contribution in [-0.4, -0.2) is 35.0 Å². The average Bonchev–Trinajstić information content (AvgIpc) is 3.33. The first kappa shape index (κ1) is 21.6. The van der Waals surface area contributed by atoms with Crippen LogP contribution in [0.25, 0.3) is 11.0 Å². The van der Waals surface area contributed by atoms with Crippen molar-refractivity contribution in [2.24, 2.45) is 0 Å². The third kappa shape index (κ3) is 4.10. The second kappa shape index (κ2) is 8.97. The van der Waals surface area contributed by atoms with Crippen LogP contribution in [0.5, 0.6) is 5.75 Å². The van der Waals surface area contributed by atoms with Gasteiger partial charge in [-0.25, -0.2) is 9.37 Å². The number of anilines is 2. The van der Waals surface area contributed by atoms with Gasteiger partial charge in [0.15, 0.2) is 0 Å². The number of para-hydroxylation sites is 2. The van der Waals surface area contributed by atoms with Gasteiger partial charge in [0.2, 0.25) is 11.9 Å². The summed E-state index contributed by atoms with van der Waals surface area (Å²) >= 11 is 0. The van der Waals surface area contributed by atoms with Gasteiger partial charge in [-0.1, -0.05) is 30.3 Å². The van der Waals surface area contributed by atoms with E-state index in [1.165, 1.54) is 18.2 Å². The zero-order chi connectivity index (χ0) is 23.7. The van der Waals surface area contributed by atoms with E-state index >= 15 is 0 Å². The highest BCUT2D eigenvalue weighted by Crippen LogP contribution is 2.36. The fourth-order valence-corrected chi connectivity index (χ4v) is 4.29. The van der Waals surface area contributed by atoms with E-state index in [0.29, 0.717) is 24.6 Å². The summed E-state index contributed by atoms with van der Waals surface area (Å²) in [7, 11) is 1.62. The van der Waals surface area contributed by atoms with Gasteiger partial charge in [-0.3, -0.25) is 19.1 Å². The number of hydrogen-bond acceptors (Lipinski definition) is 4. The number of carbonyl (C=O) groups excluding carboxylic acids is 2. The number of carbonyl (C=O) groups is 2. The fourth-order valence-electron chi connectivity index (χ4n) is 4.29. The maximum Gasteiger partial charge on any atom is 0.253 e. The van der Waals surface area contributed by atoms with E-state index in [2.05, 4.69) is 10.3 Å². The Bertz CT molecular complexity index is 1370. The standard InChI is InChI=1S/C26H23FN4O3/c1-34-20-11-9-17(10-12-20)13-14-30-25(33)23(16-24(32)28-19-6-4-5-18(27)15-19)31-22-8-3-2-7-21(22)29-26(30)31/h2-12,15,23H,13-14,16H2,1H3,(H,28,32)/t23-/m0/s1. The molecule has 8 heteroatoms. The maximum absolute atomic E-state index is 13.5. The van der Waals surface area contributed by atoms with Crippen LogP contribution in [0.4, 0.5) is 16.0 Å². The fraction of sp³-hybridized carbons (Fsp3) is 0.192. The third-order valence-electron chi connectivity index (χ3n) is 5.95. The summed E-state index contributed by atoms with van der Waals surface area (Å²) in [5.41, 5.74) is 2.96. The summed E-state index contributed by atoms with van der Waals surface area (Å²) in [6, 6.07) is 20.2. The number of benzene rings is 3. The minimum atomic E-state index is -0.730. The summed E-state index contributed by atoms with van der Waals surface area (Å²) in [5, 5.41) is 2.69. The summed E-state index contributed by atoms with van der Waals surface area (Å²) < 4.78 is 20.5. The van der Waals surface area contributed by atoms with Gasteiger partial charge < -0.3 is 10.1 Å². The van der Waals surface area contributed by atoms with Crippen LogP contribution in [-0.2, 0) is 16.0 Å². The summed E-state index contributed by atoms with van der Waals surface area (Å²) in [5.74, 6) is 0.304. The van der Waals surface area contributed by atoms with Crippen molar-refractivity contribution in [3.05, 3.63) is 84.2 Å². The van der Waals surface area contributed by atoms with Crippen molar-refractivity contribution >= 4 is 34.5 Å². The molecule has 0 fully saturated rings. The lowest BCUT2D eigenvalue weighted by atomic mass is 10.1. The lowest BCUT2D eigenvalue weighted by Crippen LogP contribution is -2.33. The lowest BCUT2D eigenvalue weighted by molar-refractivity contribution is -0.124. The summed E-state index contributed by atoms with van der Waals surface area (Å²) in [6.07, 6.45) is 0.545. The molecule has 1 aliphatic heterocycles. The van der Waals surface area contributed by atoms with Gasteiger partial charge >= 0.3 is 0 Å². The molecule has 0 unspecified atom stereocenters. The molecule has 1 atom stereocenters. The molecule has 0 aliphatic carbocycles. The van der Waals surface area contributed by atoms with Crippen LogP contribution in [0.1, 0.15) is 18.0 Å².